The van der Waals surface area contributed by atoms with Gasteiger partial charge in [0, 0.05) is 18.9 Å². The Kier molecular flexibility index (Phi) is 2.69. The van der Waals surface area contributed by atoms with Crippen LogP contribution in [0.3, 0.4) is 0 Å². The topological polar surface area (TPSA) is 54.7 Å². The highest BCUT2D eigenvalue weighted by Crippen LogP contribution is 2.27. The second-order valence-corrected chi connectivity index (χ2v) is 4.64. The lowest BCUT2D eigenvalue weighted by Crippen LogP contribution is -2.15. The molecule has 0 saturated heterocycles. The normalized spacial score (nSPS) is 15.8. The molecule has 0 fully saturated rings. The molecule has 0 amide bonds. The van der Waals surface area contributed by atoms with Gasteiger partial charge in [0.15, 0.2) is 0 Å². The Balaban J connectivity index is 1.97. The van der Waals surface area contributed by atoms with Gasteiger partial charge in [0.2, 0.25) is 0 Å². The van der Waals surface area contributed by atoms with E-state index in [9.17, 15) is 0 Å². The van der Waals surface area contributed by atoms with E-state index in [0.29, 0.717) is 6.54 Å². The smallest absolute Gasteiger partial charge is 0.114 e. The van der Waals surface area contributed by atoms with E-state index < -0.39 is 0 Å². The van der Waals surface area contributed by atoms with Crippen molar-refractivity contribution in [3.63, 3.8) is 0 Å². The monoisotopic (exact) mass is 227 g/mol. The third-order valence-corrected chi connectivity index (χ3v) is 3.61. The van der Waals surface area contributed by atoms with Crippen LogP contribution in [0.4, 0.5) is 0 Å². The van der Waals surface area contributed by atoms with E-state index >= 15 is 0 Å². The van der Waals surface area contributed by atoms with Crippen molar-refractivity contribution in [2.75, 3.05) is 6.54 Å². The van der Waals surface area contributed by atoms with Gasteiger partial charge < -0.3 is 10.7 Å². The molecule has 1 aromatic carbocycles. The minimum Gasteiger partial charge on any atom is -0.348 e. The van der Waals surface area contributed by atoms with Crippen LogP contribution in [-0.2, 0) is 12.8 Å². The molecule has 0 saturated carbocycles. The van der Waals surface area contributed by atoms with E-state index in [4.69, 9.17) is 5.73 Å². The van der Waals surface area contributed by atoms with Crippen molar-refractivity contribution < 1.29 is 0 Å². The number of rotatable bonds is 3. The van der Waals surface area contributed by atoms with Gasteiger partial charge in [0.1, 0.15) is 5.82 Å². The predicted molar refractivity (Wildman–Crippen MR) is 68.0 cm³/mol. The number of nitrogens with two attached hydrogens (primary N) is 1. The van der Waals surface area contributed by atoms with Gasteiger partial charge in [-0.2, -0.15) is 0 Å². The summed E-state index contributed by atoms with van der Waals surface area (Å²) < 4.78 is 0. The van der Waals surface area contributed by atoms with Crippen LogP contribution in [0.25, 0.3) is 0 Å². The van der Waals surface area contributed by atoms with Crippen molar-refractivity contribution in [3.8, 4) is 0 Å². The molecule has 3 N–H and O–H groups in total. The molecule has 1 heterocycles. The molecular formula is C14H17N3. The fourth-order valence-electron chi connectivity index (χ4n) is 2.68. The van der Waals surface area contributed by atoms with Gasteiger partial charge in [-0.3, -0.25) is 0 Å². The maximum Gasteiger partial charge on any atom is 0.114 e. The zero-order valence-corrected chi connectivity index (χ0v) is 9.82. The van der Waals surface area contributed by atoms with Crippen molar-refractivity contribution in [1.82, 2.24) is 9.97 Å². The van der Waals surface area contributed by atoms with Gasteiger partial charge in [0.05, 0.1) is 5.92 Å². The second-order valence-electron chi connectivity index (χ2n) is 4.64. The molecule has 0 spiro atoms. The Morgan fingerprint density at radius 2 is 2.18 bits per heavy atom. The van der Waals surface area contributed by atoms with Crippen molar-refractivity contribution in [2.24, 2.45) is 5.73 Å². The predicted octanol–water partition coefficient (Wildman–Crippen LogP) is 1.99. The fourth-order valence-corrected chi connectivity index (χ4v) is 2.68. The quantitative estimate of drug-likeness (QED) is 0.842. The van der Waals surface area contributed by atoms with E-state index in [1.165, 1.54) is 36.0 Å². The summed E-state index contributed by atoms with van der Waals surface area (Å²) in [6, 6.07) is 6.76. The van der Waals surface area contributed by atoms with Gasteiger partial charge in [-0.15, -0.1) is 0 Å². The van der Waals surface area contributed by atoms with Crippen LogP contribution in [0.15, 0.2) is 30.6 Å². The van der Waals surface area contributed by atoms with E-state index in [1.807, 2.05) is 6.20 Å². The number of aromatic amines is 1. The molecule has 1 aliphatic rings. The van der Waals surface area contributed by atoms with Crippen LogP contribution >= 0.6 is 0 Å². The van der Waals surface area contributed by atoms with E-state index in [-0.39, 0.29) is 5.92 Å². The lowest BCUT2D eigenvalue weighted by atomic mass is 9.95. The fraction of sp³-hybridized carbons (Fsp3) is 0.357. The summed E-state index contributed by atoms with van der Waals surface area (Å²) in [4.78, 5) is 7.49. The standard InChI is InChI=1S/C14H17N3/c15-9-13(14-16-6-7-17-14)12-5-4-10-2-1-3-11(10)8-12/h4-8,13H,1-3,9,15H2,(H,16,17). The van der Waals surface area contributed by atoms with Gasteiger partial charge in [0.25, 0.3) is 0 Å². The molecule has 17 heavy (non-hydrogen) atoms. The van der Waals surface area contributed by atoms with Crippen LogP contribution in [0, 0.1) is 0 Å². The first-order chi connectivity index (χ1) is 8.38. The highest BCUT2D eigenvalue weighted by molar-refractivity contribution is 5.38. The minimum absolute atomic E-state index is 0.191. The highest BCUT2D eigenvalue weighted by atomic mass is 14.9. The third kappa shape index (κ3) is 1.87. The lowest BCUT2D eigenvalue weighted by molar-refractivity contribution is 0.763. The maximum atomic E-state index is 5.88. The molecule has 1 aromatic heterocycles. The molecule has 0 aliphatic heterocycles. The number of nitrogens with one attached hydrogen (secondary N) is 1. The molecule has 0 bridgehead atoms. The SMILES string of the molecule is NCC(c1ccc2c(c1)CCC2)c1ncc[nH]1. The first-order valence-electron chi connectivity index (χ1n) is 6.19. The van der Waals surface area contributed by atoms with E-state index in [0.717, 1.165) is 5.82 Å². The summed E-state index contributed by atoms with van der Waals surface area (Å²) >= 11 is 0. The summed E-state index contributed by atoms with van der Waals surface area (Å²) in [5, 5.41) is 0. The number of H-pyrrole nitrogens is 1. The second kappa shape index (κ2) is 4.34. The summed E-state index contributed by atoms with van der Waals surface area (Å²) in [6.07, 6.45) is 7.35. The molecule has 1 aliphatic carbocycles. The Morgan fingerprint density at radius 1 is 1.29 bits per heavy atom. The Bertz CT molecular complexity index is 502. The van der Waals surface area contributed by atoms with E-state index in [2.05, 4.69) is 28.2 Å². The summed E-state index contributed by atoms with van der Waals surface area (Å²) in [5.41, 5.74) is 10.2. The zero-order valence-electron chi connectivity index (χ0n) is 9.82. The van der Waals surface area contributed by atoms with Crippen molar-refractivity contribution in [3.05, 3.63) is 53.1 Å². The van der Waals surface area contributed by atoms with Crippen LogP contribution in [-0.4, -0.2) is 16.5 Å². The summed E-state index contributed by atoms with van der Waals surface area (Å²) in [6.45, 7) is 0.590. The average Bonchev–Trinajstić information content (AvgIpc) is 2.99. The molecule has 88 valence electrons. The van der Waals surface area contributed by atoms with Gasteiger partial charge in [-0.1, -0.05) is 18.2 Å². The molecule has 0 radical (unpaired) electrons. The number of aryl methyl sites for hydroxylation is 2. The first-order valence-corrected chi connectivity index (χ1v) is 6.19. The molecule has 1 unspecified atom stereocenters. The van der Waals surface area contributed by atoms with Crippen molar-refractivity contribution in [2.45, 2.75) is 25.2 Å². The summed E-state index contributed by atoms with van der Waals surface area (Å²) in [5.74, 6) is 1.15. The first kappa shape index (κ1) is 10.5. The zero-order chi connectivity index (χ0) is 11.7. The van der Waals surface area contributed by atoms with E-state index in [1.54, 1.807) is 6.20 Å². The molecule has 1 atom stereocenters. The van der Waals surface area contributed by atoms with Crippen LogP contribution in [0.2, 0.25) is 0 Å². The third-order valence-electron chi connectivity index (χ3n) is 3.61. The number of aromatic nitrogens is 2. The number of imidazole rings is 1. The molecule has 3 nitrogen and oxygen atoms in total. The van der Waals surface area contributed by atoms with Gasteiger partial charge in [-0.25, -0.2) is 4.98 Å². The molecular weight excluding hydrogens is 210 g/mol. The average molecular weight is 227 g/mol. The maximum absolute atomic E-state index is 5.88. The van der Waals surface area contributed by atoms with Crippen molar-refractivity contribution >= 4 is 0 Å². The molecule has 3 rings (SSSR count). The largest absolute Gasteiger partial charge is 0.348 e. The molecule has 3 heteroatoms. The highest BCUT2D eigenvalue weighted by Gasteiger charge is 2.18. The van der Waals surface area contributed by atoms with Gasteiger partial charge in [-0.05, 0) is 36.0 Å². The minimum atomic E-state index is 0.191. The van der Waals surface area contributed by atoms with Crippen LogP contribution < -0.4 is 5.73 Å². The number of fused-ring (bicyclic) bond motifs is 1. The number of hydrogen-bond acceptors (Lipinski definition) is 2. The molecule has 2 aromatic rings. The van der Waals surface area contributed by atoms with Crippen LogP contribution in [0.5, 0.6) is 0 Å². The number of hydrogen-bond donors (Lipinski definition) is 2. The Hall–Kier alpha value is -1.61. The Labute approximate surface area is 101 Å². The Morgan fingerprint density at radius 3 is 2.94 bits per heavy atom. The van der Waals surface area contributed by atoms with Crippen LogP contribution in [0.1, 0.15) is 34.9 Å². The number of nitrogens with zero attached hydrogens (tertiary/aromatic N) is 1. The lowest BCUT2D eigenvalue weighted by Gasteiger charge is -2.14. The number of benzene rings is 1. The van der Waals surface area contributed by atoms with Crippen molar-refractivity contribution in [1.29, 1.82) is 0 Å². The summed E-state index contributed by atoms with van der Waals surface area (Å²) in [7, 11) is 0. The van der Waals surface area contributed by atoms with Gasteiger partial charge >= 0.3 is 0 Å².